The predicted molar refractivity (Wildman–Crippen MR) is 106 cm³/mol. The van der Waals surface area contributed by atoms with Gasteiger partial charge in [0.05, 0.1) is 0 Å². The molecule has 1 nitrogen and oxygen atoms in total. The first-order valence-electron chi connectivity index (χ1n) is 9.65. The van der Waals surface area contributed by atoms with Crippen molar-refractivity contribution in [3.8, 4) is 0 Å². The van der Waals surface area contributed by atoms with E-state index < -0.39 is 0 Å². The third-order valence-corrected chi connectivity index (χ3v) is 5.95. The van der Waals surface area contributed by atoms with Gasteiger partial charge in [-0.1, -0.05) is 59.3 Å². The highest BCUT2D eigenvalue weighted by Gasteiger charge is 2.33. The lowest BCUT2D eigenvalue weighted by molar-refractivity contribution is 0.290. The molecule has 0 saturated heterocycles. The topological polar surface area (TPSA) is 4.93 Å². The summed E-state index contributed by atoms with van der Waals surface area (Å²) in [6.07, 6.45) is 11.0. The Balaban J connectivity index is 2.16. The van der Waals surface area contributed by atoms with E-state index in [0.29, 0.717) is 17.4 Å². The maximum atomic E-state index is 2.61. The van der Waals surface area contributed by atoms with Crippen molar-refractivity contribution in [2.75, 3.05) is 0 Å². The smallest absolute Gasteiger partial charge is 0.0447 e. The summed E-state index contributed by atoms with van der Waals surface area (Å²) in [6, 6.07) is 0.530. The second kappa shape index (κ2) is 5.64. The first-order valence-corrected chi connectivity index (χ1v) is 9.65. The van der Waals surface area contributed by atoms with E-state index in [0.717, 1.165) is 0 Å². The van der Waals surface area contributed by atoms with Crippen LogP contribution in [0.1, 0.15) is 90.4 Å². The van der Waals surface area contributed by atoms with Crippen LogP contribution in [0.4, 0.5) is 0 Å². The van der Waals surface area contributed by atoms with Gasteiger partial charge >= 0.3 is 0 Å². The summed E-state index contributed by atoms with van der Waals surface area (Å²) in [7, 11) is 0. The molecule has 0 N–H and O–H groups in total. The van der Waals surface area contributed by atoms with E-state index in [1.165, 1.54) is 25.0 Å². The van der Waals surface area contributed by atoms with Crippen molar-refractivity contribution < 1.29 is 0 Å². The summed E-state index contributed by atoms with van der Waals surface area (Å²) in [6.45, 7) is 18.8. The van der Waals surface area contributed by atoms with E-state index in [2.05, 4.69) is 78.2 Å². The van der Waals surface area contributed by atoms with Crippen LogP contribution >= 0.6 is 0 Å². The van der Waals surface area contributed by atoms with Gasteiger partial charge in [0.1, 0.15) is 0 Å². The third kappa shape index (κ3) is 2.91. The third-order valence-electron chi connectivity index (χ3n) is 5.95. The molecular formula is C23H35N. The number of nitrogens with zero attached hydrogens (tertiary/aromatic N) is 1. The van der Waals surface area contributed by atoms with E-state index in [9.17, 15) is 0 Å². The highest BCUT2D eigenvalue weighted by Crippen LogP contribution is 2.44. The van der Waals surface area contributed by atoms with Gasteiger partial charge in [0.15, 0.2) is 0 Å². The molecule has 1 unspecified atom stereocenters. The number of hydrogen-bond donors (Lipinski definition) is 0. The molecule has 1 aromatic heterocycles. The van der Waals surface area contributed by atoms with Crippen molar-refractivity contribution in [1.82, 2.24) is 4.57 Å². The van der Waals surface area contributed by atoms with Crippen molar-refractivity contribution in [3.63, 3.8) is 0 Å². The monoisotopic (exact) mass is 325 g/mol. The number of rotatable bonds is 1. The van der Waals surface area contributed by atoms with Crippen LogP contribution in [0.15, 0.2) is 11.6 Å². The second-order valence-electron chi connectivity index (χ2n) is 10.1. The molecule has 1 heteroatoms. The van der Waals surface area contributed by atoms with Gasteiger partial charge in [-0.25, -0.2) is 0 Å². The standard InChI is InChI=1S/C23H35N/c1-15(2)24-20-11-9-16(22(3,4)5)13-18(20)19-14-17(23(6,7)8)10-12-21(19)24/h9,11,14-16H,10,12-13H2,1-8H3. The lowest BCUT2D eigenvalue weighted by atomic mass is 9.73. The largest absolute Gasteiger partial charge is 0.342 e. The minimum absolute atomic E-state index is 0.276. The van der Waals surface area contributed by atoms with Gasteiger partial charge in [-0.3, -0.25) is 0 Å². The van der Waals surface area contributed by atoms with E-state index in [1.807, 2.05) is 0 Å². The van der Waals surface area contributed by atoms with Crippen molar-refractivity contribution in [1.29, 1.82) is 0 Å². The molecule has 0 amide bonds. The maximum absolute atomic E-state index is 2.61. The summed E-state index contributed by atoms with van der Waals surface area (Å²) in [4.78, 5) is 0. The zero-order valence-electron chi connectivity index (χ0n) is 17.0. The first-order chi connectivity index (χ1) is 11.0. The minimum Gasteiger partial charge on any atom is -0.342 e. The molecule has 1 atom stereocenters. The molecule has 24 heavy (non-hydrogen) atoms. The molecule has 3 rings (SSSR count). The Labute approximate surface area is 148 Å². The molecule has 1 heterocycles. The van der Waals surface area contributed by atoms with Crippen molar-refractivity contribution in [2.24, 2.45) is 16.7 Å². The number of fused-ring (bicyclic) bond motifs is 3. The summed E-state index contributed by atoms with van der Waals surface area (Å²) in [5.41, 5.74) is 8.41. The van der Waals surface area contributed by atoms with Gasteiger partial charge < -0.3 is 4.57 Å². The van der Waals surface area contributed by atoms with Crippen molar-refractivity contribution in [3.05, 3.63) is 34.2 Å². The molecule has 2 aliphatic carbocycles. The second-order valence-corrected chi connectivity index (χ2v) is 10.1. The Morgan fingerprint density at radius 1 is 1.04 bits per heavy atom. The maximum Gasteiger partial charge on any atom is 0.0447 e. The van der Waals surface area contributed by atoms with E-state index >= 15 is 0 Å². The Hall–Kier alpha value is -1.24. The molecule has 1 aromatic rings. The highest BCUT2D eigenvalue weighted by atomic mass is 15.0. The summed E-state index contributed by atoms with van der Waals surface area (Å²) < 4.78 is 2.61. The fraction of sp³-hybridized carbons (Fsp3) is 0.652. The van der Waals surface area contributed by atoms with Crippen molar-refractivity contribution in [2.45, 2.75) is 80.7 Å². The van der Waals surface area contributed by atoms with Crippen LogP contribution in [0, 0.1) is 16.7 Å². The average molecular weight is 326 g/mol. The molecule has 0 fully saturated rings. The SMILES string of the molecule is CC(C)n1c2c(c3c1CCC(C(C)(C)C)=C3)CC(C(C)(C)C)C=C2. The Morgan fingerprint density at radius 3 is 2.25 bits per heavy atom. The quantitative estimate of drug-likeness (QED) is 0.543. The number of aromatic nitrogens is 1. The minimum atomic E-state index is 0.276. The Bertz CT molecular complexity index is 696. The van der Waals surface area contributed by atoms with Crippen LogP contribution in [-0.4, -0.2) is 4.57 Å². The summed E-state index contributed by atoms with van der Waals surface area (Å²) >= 11 is 0. The molecule has 0 radical (unpaired) electrons. The fourth-order valence-electron chi connectivity index (χ4n) is 4.32. The zero-order valence-corrected chi connectivity index (χ0v) is 17.0. The van der Waals surface area contributed by atoms with Gasteiger partial charge in [-0.2, -0.15) is 0 Å². The normalized spacial score (nSPS) is 20.9. The molecule has 132 valence electrons. The van der Waals surface area contributed by atoms with E-state index in [4.69, 9.17) is 0 Å². The predicted octanol–water partition coefficient (Wildman–Crippen LogP) is 6.68. The van der Waals surface area contributed by atoms with Crippen LogP contribution in [0.25, 0.3) is 12.2 Å². The van der Waals surface area contributed by atoms with Crippen LogP contribution in [0.5, 0.6) is 0 Å². The summed E-state index contributed by atoms with van der Waals surface area (Å²) in [5.74, 6) is 0.630. The van der Waals surface area contributed by atoms with Gasteiger partial charge in [0, 0.05) is 17.4 Å². The van der Waals surface area contributed by atoms with E-state index in [-0.39, 0.29) is 5.41 Å². The summed E-state index contributed by atoms with van der Waals surface area (Å²) in [5, 5.41) is 0. The Kier molecular flexibility index (Phi) is 4.13. The molecule has 0 aromatic carbocycles. The zero-order chi connectivity index (χ0) is 17.9. The van der Waals surface area contributed by atoms with Crippen molar-refractivity contribution >= 4 is 12.2 Å². The fourth-order valence-corrected chi connectivity index (χ4v) is 4.32. The Morgan fingerprint density at radius 2 is 1.71 bits per heavy atom. The average Bonchev–Trinajstić information content (AvgIpc) is 2.78. The molecular weight excluding hydrogens is 290 g/mol. The van der Waals surface area contributed by atoms with Crippen LogP contribution in [-0.2, 0) is 12.8 Å². The van der Waals surface area contributed by atoms with E-state index in [1.54, 1.807) is 22.4 Å². The molecule has 0 spiro atoms. The van der Waals surface area contributed by atoms with Gasteiger partial charge in [-0.05, 0) is 67.1 Å². The molecule has 2 aliphatic rings. The lowest BCUT2D eigenvalue weighted by Crippen LogP contribution is -2.23. The van der Waals surface area contributed by atoms with Gasteiger partial charge in [-0.15, -0.1) is 0 Å². The van der Waals surface area contributed by atoms with Crippen LogP contribution in [0.2, 0.25) is 0 Å². The molecule has 0 bridgehead atoms. The lowest BCUT2D eigenvalue weighted by Gasteiger charge is -2.31. The molecule has 0 aliphatic heterocycles. The van der Waals surface area contributed by atoms with Gasteiger partial charge in [0.25, 0.3) is 0 Å². The number of allylic oxidation sites excluding steroid dienone is 2. The van der Waals surface area contributed by atoms with Crippen LogP contribution in [0.3, 0.4) is 0 Å². The highest BCUT2D eigenvalue weighted by molar-refractivity contribution is 5.71. The van der Waals surface area contributed by atoms with Crippen LogP contribution < -0.4 is 0 Å². The van der Waals surface area contributed by atoms with Gasteiger partial charge in [0.2, 0.25) is 0 Å². The molecule has 0 saturated carbocycles. The number of hydrogen-bond acceptors (Lipinski definition) is 0. The first kappa shape index (κ1) is 17.6.